The van der Waals surface area contributed by atoms with Crippen molar-refractivity contribution in [1.29, 1.82) is 0 Å². The van der Waals surface area contributed by atoms with E-state index < -0.39 is 17.6 Å². The first-order valence-electron chi connectivity index (χ1n) is 6.31. The van der Waals surface area contributed by atoms with Crippen LogP contribution in [-0.4, -0.2) is 30.5 Å². The molecule has 0 aromatic heterocycles. The van der Waals surface area contributed by atoms with E-state index in [9.17, 15) is 18.4 Å². The lowest BCUT2D eigenvalue weighted by Gasteiger charge is -2.17. The van der Waals surface area contributed by atoms with Crippen LogP contribution in [0, 0.1) is 5.92 Å². The highest BCUT2D eigenvalue weighted by Gasteiger charge is 2.45. The summed E-state index contributed by atoms with van der Waals surface area (Å²) in [6.45, 7) is 4.43. The maximum atomic E-state index is 13.9. The first-order chi connectivity index (χ1) is 9.28. The van der Waals surface area contributed by atoms with Crippen molar-refractivity contribution in [1.82, 2.24) is 0 Å². The summed E-state index contributed by atoms with van der Waals surface area (Å²) in [6.07, 6.45) is 4.20. The molecule has 0 N–H and O–H groups in total. The van der Waals surface area contributed by atoms with E-state index in [0.717, 1.165) is 6.21 Å². The summed E-state index contributed by atoms with van der Waals surface area (Å²) in [7, 11) is 0. The largest absolute Gasteiger partial charge is 0.461 e. The molecule has 0 fully saturated rings. The van der Waals surface area contributed by atoms with Crippen molar-refractivity contribution in [2.24, 2.45) is 10.9 Å². The Balaban J connectivity index is 3.10. The number of alkyl halides is 2. The van der Waals surface area contributed by atoms with Crippen LogP contribution in [0.1, 0.15) is 27.2 Å². The Bertz CT molecular complexity index is 493. The third-order valence-corrected chi connectivity index (χ3v) is 2.75. The Hall–Kier alpha value is -1.85. The standard InChI is InChI=1S/C14H17F2NO3/c1-4-20-13(19)14(15,16)12-6-5-9(2)7-11(8-17-12)10(3)18/h6-9H,4-5H2,1-3H3. The summed E-state index contributed by atoms with van der Waals surface area (Å²) in [6, 6.07) is 0. The zero-order valence-corrected chi connectivity index (χ0v) is 11.7. The molecule has 0 aromatic rings. The van der Waals surface area contributed by atoms with Gasteiger partial charge in [0.05, 0.1) is 6.61 Å². The van der Waals surface area contributed by atoms with Gasteiger partial charge in [-0.1, -0.05) is 19.1 Å². The van der Waals surface area contributed by atoms with Crippen LogP contribution < -0.4 is 0 Å². The van der Waals surface area contributed by atoms with Crippen molar-refractivity contribution >= 4 is 18.0 Å². The third-order valence-electron chi connectivity index (χ3n) is 2.75. The molecule has 0 spiro atoms. The van der Waals surface area contributed by atoms with E-state index in [1.54, 1.807) is 13.0 Å². The van der Waals surface area contributed by atoms with E-state index >= 15 is 0 Å². The Morgan fingerprint density at radius 3 is 2.70 bits per heavy atom. The number of ketones is 1. The summed E-state index contributed by atoms with van der Waals surface area (Å²) >= 11 is 0. The molecule has 1 aliphatic heterocycles. The van der Waals surface area contributed by atoms with E-state index in [2.05, 4.69) is 9.73 Å². The Kier molecular flexibility index (Phi) is 5.30. The number of allylic oxidation sites excluding steroid dienone is 3. The molecular formula is C14H17F2NO3. The normalized spacial score (nSPS) is 19.6. The summed E-state index contributed by atoms with van der Waals surface area (Å²) in [5, 5.41) is 0. The zero-order valence-electron chi connectivity index (χ0n) is 11.7. The number of Topliss-reactive ketones (excluding diaryl/α,β-unsaturated/α-hetero) is 1. The molecule has 0 radical (unpaired) electrons. The highest BCUT2D eigenvalue weighted by atomic mass is 19.3. The minimum absolute atomic E-state index is 0.103. The SMILES string of the molecule is CCOC(=O)C(F)(F)C1=CCC(C)C=C(C(C)=O)C=N1. The molecule has 6 heteroatoms. The maximum Gasteiger partial charge on any atom is 0.384 e. The Morgan fingerprint density at radius 1 is 1.50 bits per heavy atom. The Labute approximate surface area is 116 Å². The number of hydrogen-bond acceptors (Lipinski definition) is 4. The molecule has 1 unspecified atom stereocenters. The lowest BCUT2D eigenvalue weighted by atomic mass is 10.00. The van der Waals surface area contributed by atoms with Crippen LogP contribution in [-0.2, 0) is 14.3 Å². The molecule has 0 saturated heterocycles. The van der Waals surface area contributed by atoms with E-state index in [1.807, 2.05) is 0 Å². The van der Waals surface area contributed by atoms with E-state index in [0.29, 0.717) is 0 Å². The van der Waals surface area contributed by atoms with E-state index in [4.69, 9.17) is 0 Å². The number of hydrogen-bond donors (Lipinski definition) is 0. The number of esters is 1. The molecule has 1 aliphatic rings. The summed E-state index contributed by atoms with van der Waals surface area (Å²) in [4.78, 5) is 26.2. The average molecular weight is 285 g/mol. The number of aliphatic imine (C=N–C) groups is 1. The van der Waals surface area contributed by atoms with Gasteiger partial charge in [0.2, 0.25) is 0 Å². The summed E-state index contributed by atoms with van der Waals surface area (Å²) < 4.78 is 32.1. The highest BCUT2D eigenvalue weighted by molar-refractivity contribution is 6.12. The van der Waals surface area contributed by atoms with Crippen LogP contribution in [0.5, 0.6) is 0 Å². The number of halogens is 2. The number of ether oxygens (including phenoxy) is 1. The van der Waals surface area contributed by atoms with Crippen LogP contribution in [0.15, 0.2) is 28.4 Å². The fourth-order valence-electron chi connectivity index (χ4n) is 1.65. The minimum Gasteiger partial charge on any atom is -0.461 e. The third kappa shape index (κ3) is 3.82. The van der Waals surface area contributed by atoms with Crippen LogP contribution >= 0.6 is 0 Å². The zero-order chi connectivity index (χ0) is 15.3. The van der Waals surface area contributed by atoms with Gasteiger partial charge in [0.15, 0.2) is 5.78 Å². The van der Waals surface area contributed by atoms with Gasteiger partial charge in [-0.3, -0.25) is 9.79 Å². The molecular weight excluding hydrogens is 268 g/mol. The van der Waals surface area contributed by atoms with Gasteiger partial charge in [0.25, 0.3) is 0 Å². The molecule has 0 bridgehead atoms. The highest BCUT2D eigenvalue weighted by Crippen LogP contribution is 2.29. The fourth-order valence-corrected chi connectivity index (χ4v) is 1.65. The van der Waals surface area contributed by atoms with Crippen LogP contribution in [0.4, 0.5) is 8.78 Å². The van der Waals surface area contributed by atoms with Crippen molar-refractivity contribution in [3.63, 3.8) is 0 Å². The van der Waals surface area contributed by atoms with Crippen LogP contribution in [0.2, 0.25) is 0 Å². The van der Waals surface area contributed by atoms with Crippen molar-refractivity contribution in [3.8, 4) is 0 Å². The molecule has 0 aliphatic carbocycles. The van der Waals surface area contributed by atoms with Gasteiger partial charge in [0, 0.05) is 11.8 Å². The van der Waals surface area contributed by atoms with Crippen molar-refractivity contribution in [3.05, 3.63) is 23.4 Å². The van der Waals surface area contributed by atoms with Crippen LogP contribution in [0.3, 0.4) is 0 Å². The fraction of sp³-hybridized carbons (Fsp3) is 0.500. The van der Waals surface area contributed by atoms with Gasteiger partial charge < -0.3 is 4.74 Å². The van der Waals surface area contributed by atoms with E-state index in [-0.39, 0.29) is 30.3 Å². The number of carbonyl (C=O) groups is 2. The lowest BCUT2D eigenvalue weighted by molar-refractivity contribution is -0.166. The van der Waals surface area contributed by atoms with Crippen molar-refractivity contribution < 1.29 is 23.1 Å². The maximum absolute atomic E-state index is 13.9. The van der Waals surface area contributed by atoms with Gasteiger partial charge in [-0.15, -0.1) is 0 Å². The van der Waals surface area contributed by atoms with Crippen LogP contribution in [0.25, 0.3) is 0 Å². The second-order valence-corrected chi connectivity index (χ2v) is 4.53. The molecule has 1 rings (SSSR count). The predicted molar refractivity (Wildman–Crippen MR) is 70.7 cm³/mol. The van der Waals surface area contributed by atoms with Gasteiger partial charge >= 0.3 is 11.9 Å². The number of nitrogens with zero attached hydrogens (tertiary/aromatic N) is 1. The first-order valence-corrected chi connectivity index (χ1v) is 6.31. The molecule has 0 aromatic carbocycles. The van der Waals surface area contributed by atoms with E-state index in [1.165, 1.54) is 19.9 Å². The molecule has 1 atom stereocenters. The second kappa shape index (κ2) is 6.54. The minimum atomic E-state index is -3.81. The Morgan fingerprint density at radius 2 is 2.15 bits per heavy atom. The van der Waals surface area contributed by atoms with Gasteiger partial charge in [-0.2, -0.15) is 8.78 Å². The topological polar surface area (TPSA) is 55.7 Å². The van der Waals surface area contributed by atoms with Crippen molar-refractivity contribution in [2.75, 3.05) is 6.61 Å². The molecule has 0 saturated carbocycles. The van der Waals surface area contributed by atoms with Gasteiger partial charge in [0.1, 0.15) is 5.70 Å². The number of carbonyl (C=O) groups excluding carboxylic acids is 2. The predicted octanol–water partition coefficient (Wildman–Crippen LogP) is 2.69. The molecule has 20 heavy (non-hydrogen) atoms. The van der Waals surface area contributed by atoms with Crippen molar-refractivity contribution in [2.45, 2.75) is 33.1 Å². The average Bonchev–Trinajstić information content (AvgIpc) is 2.33. The smallest absolute Gasteiger partial charge is 0.384 e. The second-order valence-electron chi connectivity index (χ2n) is 4.53. The van der Waals surface area contributed by atoms with Gasteiger partial charge in [-0.05, 0) is 26.2 Å². The summed E-state index contributed by atoms with van der Waals surface area (Å²) in [5.74, 6) is -5.81. The molecule has 110 valence electrons. The van der Waals surface area contributed by atoms with Gasteiger partial charge in [-0.25, -0.2) is 4.79 Å². The summed E-state index contributed by atoms with van der Waals surface area (Å²) in [5.41, 5.74) is -0.433. The lowest BCUT2D eigenvalue weighted by Crippen LogP contribution is -2.32. The number of rotatable bonds is 4. The molecule has 1 heterocycles. The monoisotopic (exact) mass is 285 g/mol. The first kappa shape index (κ1) is 16.2. The molecule has 0 amide bonds. The molecule has 4 nitrogen and oxygen atoms in total. The quantitative estimate of drug-likeness (QED) is 0.746.